The van der Waals surface area contributed by atoms with Gasteiger partial charge in [-0.1, -0.05) is 23.8 Å². The number of benzene rings is 2. The van der Waals surface area contributed by atoms with Crippen LogP contribution in [-0.4, -0.2) is 11.1 Å². The summed E-state index contributed by atoms with van der Waals surface area (Å²) in [7, 11) is 0. The summed E-state index contributed by atoms with van der Waals surface area (Å²) in [5.74, 6) is -1.38. The molecule has 3 rings (SSSR count). The number of hydrogen-bond donors (Lipinski definition) is 1. The Balaban J connectivity index is 2.41. The molecule has 3 heteroatoms. The number of aryl methyl sites for hydroxylation is 2. The topological polar surface area (TPSA) is 37.3 Å². The molecule has 100 valence electrons. The van der Waals surface area contributed by atoms with E-state index in [1.165, 1.54) is 12.1 Å². The van der Waals surface area contributed by atoms with Gasteiger partial charge in [-0.3, -0.25) is 0 Å². The summed E-state index contributed by atoms with van der Waals surface area (Å²) in [5.41, 5.74) is 6.09. The van der Waals surface area contributed by atoms with E-state index < -0.39 is 5.97 Å². The molecular formula is C17H13FO2. The smallest absolute Gasteiger partial charge is 0.328 e. The Kier molecular flexibility index (Phi) is 2.71. The number of carboxylic acid groups (broad SMARTS) is 1. The molecule has 0 radical (unpaired) electrons. The minimum Gasteiger partial charge on any atom is -0.478 e. The molecular weight excluding hydrogens is 255 g/mol. The molecule has 0 aliphatic heterocycles. The normalized spacial score (nSPS) is 14.2. The maximum absolute atomic E-state index is 13.5. The van der Waals surface area contributed by atoms with Crippen molar-refractivity contribution >= 4 is 11.5 Å². The fraction of sp³-hybridized carbons (Fsp3) is 0.118. The fourth-order valence-electron chi connectivity index (χ4n) is 2.92. The van der Waals surface area contributed by atoms with E-state index in [1.54, 1.807) is 6.07 Å². The monoisotopic (exact) mass is 268 g/mol. The largest absolute Gasteiger partial charge is 0.478 e. The van der Waals surface area contributed by atoms with Gasteiger partial charge in [0.15, 0.2) is 0 Å². The second-order valence-corrected chi connectivity index (χ2v) is 5.09. The first kappa shape index (κ1) is 12.6. The first-order chi connectivity index (χ1) is 9.47. The maximum Gasteiger partial charge on any atom is 0.328 e. The zero-order valence-corrected chi connectivity index (χ0v) is 11.2. The van der Waals surface area contributed by atoms with Gasteiger partial charge < -0.3 is 5.11 Å². The van der Waals surface area contributed by atoms with Crippen LogP contribution >= 0.6 is 0 Å². The van der Waals surface area contributed by atoms with Gasteiger partial charge in [-0.15, -0.1) is 0 Å². The molecule has 0 amide bonds. The Hall–Kier alpha value is -2.42. The molecule has 2 nitrogen and oxygen atoms in total. The lowest BCUT2D eigenvalue weighted by atomic mass is 9.97. The molecule has 0 spiro atoms. The van der Waals surface area contributed by atoms with Crippen LogP contribution in [0.4, 0.5) is 4.39 Å². The summed E-state index contributed by atoms with van der Waals surface area (Å²) in [4.78, 5) is 11.1. The van der Waals surface area contributed by atoms with Gasteiger partial charge in [-0.25, -0.2) is 9.18 Å². The van der Waals surface area contributed by atoms with Gasteiger partial charge in [-0.05, 0) is 59.4 Å². The Morgan fingerprint density at radius 1 is 1.10 bits per heavy atom. The van der Waals surface area contributed by atoms with Crippen molar-refractivity contribution in [3.63, 3.8) is 0 Å². The standard InChI is InChI=1S/C17H13FO2/c1-9-5-10(2)17-14(6-9)12-4-3-11(18)7-13(12)15(17)8-16(19)20/h3-8H,1-2H3,(H,19,20)/b15-8-. The summed E-state index contributed by atoms with van der Waals surface area (Å²) in [6.45, 7) is 3.94. The number of rotatable bonds is 1. The van der Waals surface area contributed by atoms with Crippen LogP contribution in [0.1, 0.15) is 22.3 Å². The first-order valence-electron chi connectivity index (χ1n) is 6.34. The summed E-state index contributed by atoms with van der Waals surface area (Å²) in [5, 5.41) is 9.07. The predicted octanol–water partition coefficient (Wildman–Crippen LogP) is 3.94. The van der Waals surface area contributed by atoms with Crippen molar-refractivity contribution in [3.8, 4) is 11.1 Å². The predicted molar refractivity (Wildman–Crippen MR) is 76.0 cm³/mol. The van der Waals surface area contributed by atoms with Gasteiger partial charge in [0, 0.05) is 6.08 Å². The molecule has 20 heavy (non-hydrogen) atoms. The summed E-state index contributed by atoms with van der Waals surface area (Å²) < 4.78 is 13.5. The maximum atomic E-state index is 13.5. The lowest BCUT2D eigenvalue weighted by Gasteiger charge is -2.07. The molecule has 0 unspecified atom stereocenters. The van der Waals surface area contributed by atoms with Crippen molar-refractivity contribution in [1.82, 2.24) is 0 Å². The summed E-state index contributed by atoms with van der Waals surface area (Å²) >= 11 is 0. The molecule has 0 saturated carbocycles. The second-order valence-electron chi connectivity index (χ2n) is 5.09. The zero-order valence-electron chi connectivity index (χ0n) is 11.2. The number of halogens is 1. The van der Waals surface area contributed by atoms with Crippen molar-refractivity contribution < 1.29 is 14.3 Å². The van der Waals surface area contributed by atoms with Gasteiger partial charge in [0.2, 0.25) is 0 Å². The van der Waals surface area contributed by atoms with Crippen molar-refractivity contribution in [3.05, 3.63) is 64.5 Å². The van der Waals surface area contributed by atoms with Crippen molar-refractivity contribution in [2.24, 2.45) is 0 Å². The van der Waals surface area contributed by atoms with E-state index in [2.05, 4.69) is 0 Å². The lowest BCUT2D eigenvalue weighted by molar-refractivity contribution is -0.131. The Labute approximate surface area is 116 Å². The molecule has 1 aliphatic rings. The van der Waals surface area contributed by atoms with Crippen LogP contribution < -0.4 is 0 Å². The molecule has 2 aromatic rings. The Bertz CT molecular complexity index is 773. The first-order valence-corrected chi connectivity index (χ1v) is 6.34. The SMILES string of the molecule is Cc1cc(C)c2c(c1)-c1ccc(F)cc1/C2=C/C(=O)O. The molecule has 2 aromatic carbocycles. The molecule has 1 N–H and O–H groups in total. The third-order valence-electron chi connectivity index (χ3n) is 3.58. The van der Waals surface area contributed by atoms with Gasteiger partial charge in [0.1, 0.15) is 5.82 Å². The van der Waals surface area contributed by atoms with Crippen molar-refractivity contribution in [2.45, 2.75) is 13.8 Å². The average molecular weight is 268 g/mol. The van der Waals surface area contributed by atoms with Gasteiger partial charge in [0.25, 0.3) is 0 Å². The highest BCUT2D eigenvalue weighted by Crippen LogP contribution is 2.46. The quantitative estimate of drug-likeness (QED) is 0.679. The molecule has 0 atom stereocenters. The lowest BCUT2D eigenvalue weighted by Crippen LogP contribution is -1.94. The van der Waals surface area contributed by atoms with E-state index in [0.29, 0.717) is 11.1 Å². The highest BCUT2D eigenvalue weighted by molar-refractivity contribution is 6.07. The van der Waals surface area contributed by atoms with Crippen LogP contribution in [0, 0.1) is 19.7 Å². The van der Waals surface area contributed by atoms with E-state index in [0.717, 1.165) is 33.9 Å². The second kappa shape index (κ2) is 4.30. The van der Waals surface area contributed by atoms with Crippen LogP contribution in [0.5, 0.6) is 0 Å². The molecule has 0 aromatic heterocycles. The van der Waals surface area contributed by atoms with Crippen LogP contribution in [0.15, 0.2) is 36.4 Å². The Morgan fingerprint density at radius 2 is 1.85 bits per heavy atom. The van der Waals surface area contributed by atoms with E-state index in [1.807, 2.05) is 26.0 Å². The summed E-state index contributed by atoms with van der Waals surface area (Å²) in [6.07, 6.45) is 1.16. The third-order valence-corrected chi connectivity index (χ3v) is 3.58. The molecule has 0 heterocycles. The molecule has 1 aliphatic carbocycles. The van der Waals surface area contributed by atoms with Gasteiger partial charge in [0.05, 0.1) is 0 Å². The van der Waals surface area contributed by atoms with Crippen LogP contribution in [0.2, 0.25) is 0 Å². The van der Waals surface area contributed by atoms with Crippen molar-refractivity contribution in [2.75, 3.05) is 0 Å². The third kappa shape index (κ3) is 1.83. The molecule has 0 fully saturated rings. The van der Waals surface area contributed by atoms with E-state index in [9.17, 15) is 9.18 Å². The minimum absolute atomic E-state index is 0.359. The minimum atomic E-state index is -1.02. The van der Waals surface area contributed by atoms with Crippen LogP contribution in [-0.2, 0) is 4.79 Å². The Morgan fingerprint density at radius 3 is 2.55 bits per heavy atom. The fourth-order valence-corrected chi connectivity index (χ4v) is 2.92. The molecule has 0 bridgehead atoms. The molecule has 0 saturated heterocycles. The van der Waals surface area contributed by atoms with Gasteiger partial charge >= 0.3 is 5.97 Å². The number of aliphatic carboxylic acids is 1. The number of hydrogen-bond acceptors (Lipinski definition) is 1. The number of carboxylic acids is 1. The van der Waals surface area contributed by atoms with Crippen molar-refractivity contribution in [1.29, 1.82) is 0 Å². The van der Waals surface area contributed by atoms with Crippen LogP contribution in [0.25, 0.3) is 16.7 Å². The van der Waals surface area contributed by atoms with E-state index in [-0.39, 0.29) is 5.82 Å². The van der Waals surface area contributed by atoms with Crippen LogP contribution in [0.3, 0.4) is 0 Å². The number of fused-ring (bicyclic) bond motifs is 3. The summed E-state index contributed by atoms with van der Waals surface area (Å²) in [6, 6.07) is 8.55. The highest BCUT2D eigenvalue weighted by Gasteiger charge is 2.26. The zero-order chi connectivity index (χ0) is 14.4. The average Bonchev–Trinajstić information content (AvgIpc) is 2.63. The van der Waals surface area contributed by atoms with E-state index >= 15 is 0 Å². The van der Waals surface area contributed by atoms with E-state index in [4.69, 9.17) is 5.11 Å². The van der Waals surface area contributed by atoms with Gasteiger partial charge in [-0.2, -0.15) is 0 Å². The highest BCUT2D eigenvalue weighted by atomic mass is 19.1. The number of carbonyl (C=O) groups is 1.